The van der Waals surface area contributed by atoms with Gasteiger partial charge in [-0.05, 0) is 37.3 Å². The number of aromatic nitrogens is 2. The van der Waals surface area contributed by atoms with E-state index in [9.17, 15) is 4.79 Å². The summed E-state index contributed by atoms with van der Waals surface area (Å²) >= 11 is 0. The van der Waals surface area contributed by atoms with Crippen molar-refractivity contribution in [2.75, 3.05) is 38.2 Å². The number of benzene rings is 2. The van der Waals surface area contributed by atoms with E-state index in [1.54, 1.807) is 13.3 Å². The summed E-state index contributed by atoms with van der Waals surface area (Å²) in [6, 6.07) is 21.8. The molecule has 166 valence electrons. The summed E-state index contributed by atoms with van der Waals surface area (Å²) in [5, 5.41) is 0.839. The molecule has 3 heterocycles. The number of amides is 1. The Bertz CT molecular complexity index is 1280. The number of ether oxygens (including phenoxy) is 1. The standard InChI is InChI=1S/C27H26N4O2/c1-19-6-8-20(9-7-19)24-18-25(33-2)22-17-21(10-11-23(22)29-24)27(32)31-15-13-30(14-16-31)26-5-3-4-12-28-26/h3-12,17-18H,13-16H2,1-2H3. The number of piperazine rings is 1. The molecule has 4 aromatic rings. The summed E-state index contributed by atoms with van der Waals surface area (Å²) in [5.41, 5.74) is 4.55. The van der Waals surface area contributed by atoms with Gasteiger partial charge in [-0.3, -0.25) is 4.79 Å². The highest BCUT2D eigenvalue weighted by Gasteiger charge is 2.23. The minimum atomic E-state index is 0.0298. The fourth-order valence-corrected chi connectivity index (χ4v) is 4.23. The molecular weight excluding hydrogens is 412 g/mol. The van der Waals surface area contributed by atoms with Crippen LogP contribution in [0.15, 0.2) is 72.9 Å². The van der Waals surface area contributed by atoms with Crippen LogP contribution < -0.4 is 9.64 Å². The third-order valence-electron chi connectivity index (χ3n) is 6.13. The van der Waals surface area contributed by atoms with Crippen molar-refractivity contribution in [1.82, 2.24) is 14.9 Å². The topological polar surface area (TPSA) is 58.6 Å². The summed E-state index contributed by atoms with van der Waals surface area (Å²) < 4.78 is 5.68. The number of carbonyl (C=O) groups excluding carboxylic acids is 1. The van der Waals surface area contributed by atoms with Gasteiger partial charge in [0.1, 0.15) is 11.6 Å². The molecule has 1 fully saturated rings. The van der Waals surface area contributed by atoms with Gasteiger partial charge >= 0.3 is 0 Å². The van der Waals surface area contributed by atoms with Gasteiger partial charge in [0.25, 0.3) is 5.91 Å². The fraction of sp³-hybridized carbons (Fsp3) is 0.222. The van der Waals surface area contributed by atoms with Crippen molar-refractivity contribution in [3.8, 4) is 17.0 Å². The van der Waals surface area contributed by atoms with E-state index in [1.165, 1.54) is 5.56 Å². The van der Waals surface area contributed by atoms with Crippen molar-refractivity contribution < 1.29 is 9.53 Å². The van der Waals surface area contributed by atoms with Crippen molar-refractivity contribution in [1.29, 1.82) is 0 Å². The molecule has 0 aliphatic carbocycles. The Morgan fingerprint density at radius 2 is 1.73 bits per heavy atom. The van der Waals surface area contributed by atoms with E-state index >= 15 is 0 Å². The van der Waals surface area contributed by atoms with Crippen LogP contribution in [0.25, 0.3) is 22.2 Å². The van der Waals surface area contributed by atoms with E-state index in [0.717, 1.165) is 41.1 Å². The maximum absolute atomic E-state index is 13.2. The molecule has 2 aromatic heterocycles. The highest BCUT2D eigenvalue weighted by Crippen LogP contribution is 2.31. The molecule has 6 nitrogen and oxygen atoms in total. The van der Waals surface area contributed by atoms with Gasteiger partial charge in [-0.1, -0.05) is 35.9 Å². The van der Waals surface area contributed by atoms with Crippen LogP contribution in [0.3, 0.4) is 0 Å². The van der Waals surface area contributed by atoms with E-state index in [4.69, 9.17) is 9.72 Å². The fourth-order valence-electron chi connectivity index (χ4n) is 4.23. The molecule has 1 aliphatic heterocycles. The minimum Gasteiger partial charge on any atom is -0.496 e. The van der Waals surface area contributed by atoms with Crippen LogP contribution in [-0.4, -0.2) is 54.1 Å². The Balaban J connectivity index is 1.38. The molecule has 6 heteroatoms. The monoisotopic (exact) mass is 438 g/mol. The minimum absolute atomic E-state index is 0.0298. The lowest BCUT2D eigenvalue weighted by atomic mass is 10.0. The van der Waals surface area contributed by atoms with Gasteiger partial charge in [-0.25, -0.2) is 9.97 Å². The molecule has 1 aliphatic rings. The zero-order valence-corrected chi connectivity index (χ0v) is 18.9. The maximum Gasteiger partial charge on any atom is 0.254 e. The van der Waals surface area contributed by atoms with Crippen LogP contribution in [0.5, 0.6) is 5.75 Å². The quantitative estimate of drug-likeness (QED) is 0.467. The Kier molecular flexibility index (Phi) is 5.65. The Morgan fingerprint density at radius 3 is 2.42 bits per heavy atom. The number of hydrogen-bond donors (Lipinski definition) is 0. The van der Waals surface area contributed by atoms with Crippen LogP contribution >= 0.6 is 0 Å². The summed E-state index contributed by atoms with van der Waals surface area (Å²) in [5.74, 6) is 1.70. The first-order chi connectivity index (χ1) is 16.1. The van der Waals surface area contributed by atoms with Crippen LogP contribution in [0.1, 0.15) is 15.9 Å². The number of rotatable bonds is 4. The second-order valence-corrected chi connectivity index (χ2v) is 8.27. The molecule has 33 heavy (non-hydrogen) atoms. The molecule has 1 saturated heterocycles. The molecule has 0 radical (unpaired) electrons. The van der Waals surface area contributed by atoms with Crippen molar-refractivity contribution in [3.63, 3.8) is 0 Å². The number of fused-ring (bicyclic) bond motifs is 1. The summed E-state index contributed by atoms with van der Waals surface area (Å²) in [4.78, 5) is 26.6. The average Bonchev–Trinajstić information content (AvgIpc) is 2.88. The Hall–Kier alpha value is -3.93. The molecule has 0 spiro atoms. The highest BCUT2D eigenvalue weighted by molar-refractivity contribution is 6.00. The lowest BCUT2D eigenvalue weighted by Gasteiger charge is -2.35. The van der Waals surface area contributed by atoms with Crippen molar-refractivity contribution in [2.24, 2.45) is 0 Å². The van der Waals surface area contributed by atoms with Crippen LogP contribution in [0.4, 0.5) is 5.82 Å². The predicted octanol–water partition coefficient (Wildman–Crippen LogP) is 4.58. The number of aryl methyl sites for hydroxylation is 1. The highest BCUT2D eigenvalue weighted by atomic mass is 16.5. The van der Waals surface area contributed by atoms with Crippen molar-refractivity contribution in [2.45, 2.75) is 6.92 Å². The Morgan fingerprint density at radius 1 is 0.939 bits per heavy atom. The summed E-state index contributed by atoms with van der Waals surface area (Å²) in [7, 11) is 1.65. The van der Waals surface area contributed by atoms with E-state index in [2.05, 4.69) is 41.1 Å². The number of anilines is 1. The molecule has 2 aromatic carbocycles. The molecule has 0 N–H and O–H groups in total. The van der Waals surface area contributed by atoms with Gasteiger partial charge in [0.05, 0.1) is 18.3 Å². The van der Waals surface area contributed by atoms with E-state index in [-0.39, 0.29) is 5.91 Å². The summed E-state index contributed by atoms with van der Waals surface area (Å²) in [6.45, 7) is 4.92. The lowest BCUT2D eigenvalue weighted by molar-refractivity contribution is 0.0746. The van der Waals surface area contributed by atoms with Gasteiger partial charge in [-0.2, -0.15) is 0 Å². The zero-order chi connectivity index (χ0) is 22.8. The third kappa shape index (κ3) is 4.24. The van der Waals surface area contributed by atoms with E-state index < -0.39 is 0 Å². The Labute approximate surface area is 193 Å². The summed E-state index contributed by atoms with van der Waals surface area (Å²) in [6.07, 6.45) is 1.80. The largest absolute Gasteiger partial charge is 0.496 e. The average molecular weight is 439 g/mol. The first kappa shape index (κ1) is 20.9. The normalized spacial score (nSPS) is 13.9. The second-order valence-electron chi connectivity index (χ2n) is 8.27. The number of hydrogen-bond acceptors (Lipinski definition) is 5. The van der Waals surface area contributed by atoms with Gasteiger partial charge in [-0.15, -0.1) is 0 Å². The van der Waals surface area contributed by atoms with Crippen molar-refractivity contribution >= 4 is 22.6 Å². The smallest absolute Gasteiger partial charge is 0.254 e. The molecule has 0 saturated carbocycles. The number of methoxy groups -OCH3 is 1. The molecule has 5 rings (SSSR count). The van der Waals surface area contributed by atoms with Gasteiger partial charge in [0, 0.05) is 55.0 Å². The SMILES string of the molecule is COc1cc(-c2ccc(C)cc2)nc2ccc(C(=O)N3CCN(c4ccccn4)CC3)cc12. The maximum atomic E-state index is 13.2. The third-order valence-corrected chi connectivity index (χ3v) is 6.13. The molecule has 0 bridgehead atoms. The number of nitrogens with zero attached hydrogens (tertiary/aromatic N) is 4. The molecule has 0 atom stereocenters. The molecular formula is C27H26N4O2. The predicted molar refractivity (Wildman–Crippen MR) is 131 cm³/mol. The molecule has 0 unspecified atom stereocenters. The zero-order valence-electron chi connectivity index (χ0n) is 18.9. The lowest BCUT2D eigenvalue weighted by Crippen LogP contribution is -2.49. The van der Waals surface area contributed by atoms with Gasteiger partial charge in [0.15, 0.2) is 0 Å². The van der Waals surface area contributed by atoms with E-state index in [1.807, 2.05) is 47.4 Å². The number of carbonyl (C=O) groups is 1. The second kappa shape index (κ2) is 8.90. The molecule has 1 amide bonds. The van der Waals surface area contributed by atoms with Crippen LogP contribution in [0, 0.1) is 6.92 Å². The number of pyridine rings is 2. The van der Waals surface area contributed by atoms with Crippen LogP contribution in [-0.2, 0) is 0 Å². The van der Waals surface area contributed by atoms with Gasteiger partial charge < -0.3 is 14.5 Å². The van der Waals surface area contributed by atoms with Crippen LogP contribution in [0.2, 0.25) is 0 Å². The first-order valence-corrected chi connectivity index (χ1v) is 11.1. The van der Waals surface area contributed by atoms with E-state index in [0.29, 0.717) is 24.4 Å². The van der Waals surface area contributed by atoms with Gasteiger partial charge in [0.2, 0.25) is 0 Å². The van der Waals surface area contributed by atoms with Crippen molar-refractivity contribution in [3.05, 3.63) is 84.1 Å². The first-order valence-electron chi connectivity index (χ1n) is 11.1.